The molecule has 1 aromatic carbocycles. The number of fused-ring (bicyclic) bond motifs is 1. The van der Waals surface area contributed by atoms with Crippen LogP contribution in [0.2, 0.25) is 0 Å². The van der Waals surface area contributed by atoms with Crippen LogP contribution in [0.1, 0.15) is 28.8 Å². The van der Waals surface area contributed by atoms with E-state index < -0.39 is 29.2 Å². The number of carbonyl (C=O) groups is 4. The first-order chi connectivity index (χ1) is 15.3. The number of rotatable bonds is 5. The van der Waals surface area contributed by atoms with E-state index in [4.69, 9.17) is 5.73 Å². The molecule has 168 valence electrons. The van der Waals surface area contributed by atoms with Gasteiger partial charge in [-0.2, -0.15) is 0 Å². The Morgan fingerprint density at radius 3 is 2.84 bits per heavy atom. The Kier molecular flexibility index (Phi) is 5.66. The zero-order valence-electron chi connectivity index (χ0n) is 17.5. The number of nitrogens with one attached hydrogen (secondary N) is 3. The summed E-state index contributed by atoms with van der Waals surface area (Å²) < 4.78 is 14.7. The Morgan fingerprint density at radius 1 is 1.34 bits per heavy atom. The molecule has 0 saturated carbocycles. The van der Waals surface area contributed by atoms with Gasteiger partial charge in [0.05, 0.1) is 5.56 Å². The van der Waals surface area contributed by atoms with Crippen LogP contribution in [0.5, 0.6) is 0 Å². The largest absolute Gasteiger partial charge is 0.355 e. The highest BCUT2D eigenvalue weighted by Crippen LogP contribution is 2.35. The van der Waals surface area contributed by atoms with Crippen molar-refractivity contribution in [3.8, 4) is 0 Å². The summed E-state index contributed by atoms with van der Waals surface area (Å²) in [6.45, 7) is 0.317. The van der Waals surface area contributed by atoms with Gasteiger partial charge >= 0.3 is 0 Å². The maximum atomic E-state index is 14.7. The lowest BCUT2D eigenvalue weighted by Crippen LogP contribution is -2.68. The Balaban J connectivity index is 1.51. The van der Waals surface area contributed by atoms with Gasteiger partial charge in [-0.25, -0.2) is 4.39 Å². The summed E-state index contributed by atoms with van der Waals surface area (Å²) in [7, 11) is 1.43. The van der Waals surface area contributed by atoms with Crippen molar-refractivity contribution in [1.82, 2.24) is 20.9 Å². The zero-order valence-corrected chi connectivity index (χ0v) is 17.5. The molecule has 4 amide bonds. The summed E-state index contributed by atoms with van der Waals surface area (Å²) in [5.41, 5.74) is 5.46. The average molecular weight is 441 g/mol. The van der Waals surface area contributed by atoms with Crippen molar-refractivity contribution in [3.05, 3.63) is 58.9 Å². The fraction of sp³-hybridized carbons (Fsp3) is 0.364. The van der Waals surface area contributed by atoms with Crippen LogP contribution in [-0.4, -0.2) is 53.8 Å². The van der Waals surface area contributed by atoms with Crippen molar-refractivity contribution in [1.29, 1.82) is 0 Å². The van der Waals surface area contributed by atoms with Gasteiger partial charge < -0.3 is 21.3 Å². The van der Waals surface area contributed by atoms with Crippen molar-refractivity contribution < 1.29 is 23.6 Å². The third-order valence-corrected chi connectivity index (χ3v) is 6.24. The average Bonchev–Trinajstić information content (AvgIpc) is 3.13. The molecule has 5 N–H and O–H groups in total. The summed E-state index contributed by atoms with van der Waals surface area (Å²) >= 11 is 0. The lowest BCUT2D eigenvalue weighted by Gasteiger charge is -2.39. The first-order valence-corrected chi connectivity index (χ1v) is 10.3. The molecule has 0 spiro atoms. The predicted molar refractivity (Wildman–Crippen MR) is 112 cm³/mol. The summed E-state index contributed by atoms with van der Waals surface area (Å²) in [6, 6.07) is 4.29. The summed E-state index contributed by atoms with van der Waals surface area (Å²) in [6.07, 6.45) is 5.38. The summed E-state index contributed by atoms with van der Waals surface area (Å²) in [4.78, 5) is 50.2. The van der Waals surface area contributed by atoms with E-state index in [-0.39, 0.29) is 49.4 Å². The van der Waals surface area contributed by atoms with Gasteiger partial charge in [0, 0.05) is 56.1 Å². The van der Waals surface area contributed by atoms with E-state index in [1.165, 1.54) is 18.0 Å². The van der Waals surface area contributed by atoms with Crippen molar-refractivity contribution in [3.63, 3.8) is 0 Å². The molecule has 0 bridgehead atoms. The van der Waals surface area contributed by atoms with Crippen LogP contribution in [0.25, 0.3) is 0 Å². The molecule has 2 heterocycles. The lowest BCUT2D eigenvalue weighted by atomic mass is 9.89. The quantitative estimate of drug-likeness (QED) is 0.463. The van der Waals surface area contributed by atoms with Crippen molar-refractivity contribution in [2.45, 2.75) is 31.1 Å². The molecule has 4 rings (SSSR count). The highest BCUT2D eigenvalue weighted by atomic mass is 19.1. The molecule has 1 aliphatic carbocycles. The number of piperidine rings is 1. The molecule has 32 heavy (non-hydrogen) atoms. The first kappa shape index (κ1) is 21.8. The van der Waals surface area contributed by atoms with Crippen LogP contribution in [0.3, 0.4) is 0 Å². The Bertz CT molecular complexity index is 1070. The maximum absolute atomic E-state index is 14.7. The minimum absolute atomic E-state index is 0.0447. The second-order valence-electron chi connectivity index (χ2n) is 8.10. The molecule has 10 heteroatoms. The van der Waals surface area contributed by atoms with Crippen LogP contribution in [0.15, 0.2) is 42.0 Å². The molecule has 1 aromatic rings. The maximum Gasteiger partial charge on any atom is 0.267 e. The lowest BCUT2D eigenvalue weighted by molar-refractivity contribution is -0.150. The van der Waals surface area contributed by atoms with Crippen LogP contribution in [0, 0.1) is 11.7 Å². The van der Waals surface area contributed by atoms with Crippen LogP contribution < -0.4 is 21.7 Å². The zero-order chi connectivity index (χ0) is 23.0. The molecule has 9 nitrogen and oxygen atoms in total. The highest BCUT2D eigenvalue weighted by molar-refractivity contribution is 6.06. The van der Waals surface area contributed by atoms with Gasteiger partial charge in [-0.3, -0.25) is 24.5 Å². The Hall–Kier alpha value is -3.37. The van der Waals surface area contributed by atoms with Crippen LogP contribution in [0.4, 0.5) is 4.39 Å². The topological polar surface area (TPSA) is 134 Å². The fourth-order valence-corrected chi connectivity index (χ4v) is 4.39. The number of nitrogens with zero attached hydrogens (tertiary/aromatic N) is 1. The SMILES string of the molecule is CNC(=O)c1cccc(CNC2C=CC=C3C(=O)N([C@]4(N)CCC(=O)NC4=O)CC32)c1F. The van der Waals surface area contributed by atoms with E-state index >= 15 is 0 Å². The van der Waals surface area contributed by atoms with Gasteiger partial charge in [0.1, 0.15) is 5.82 Å². The van der Waals surface area contributed by atoms with Crippen molar-refractivity contribution >= 4 is 23.6 Å². The molecule has 3 atom stereocenters. The number of halogens is 1. The number of benzene rings is 1. The van der Waals surface area contributed by atoms with Crippen molar-refractivity contribution in [2.75, 3.05) is 13.6 Å². The third-order valence-electron chi connectivity index (χ3n) is 6.24. The number of hydrogen-bond donors (Lipinski definition) is 4. The number of imide groups is 1. The second kappa shape index (κ2) is 8.29. The highest BCUT2D eigenvalue weighted by Gasteiger charge is 2.52. The van der Waals surface area contributed by atoms with E-state index in [1.54, 1.807) is 24.3 Å². The number of hydrogen-bond acceptors (Lipinski definition) is 6. The number of amides is 4. The summed E-state index contributed by atoms with van der Waals surface area (Å²) in [5.74, 6) is -2.88. The van der Waals surface area contributed by atoms with E-state index in [0.29, 0.717) is 11.1 Å². The molecule has 3 aliphatic rings. The van der Waals surface area contributed by atoms with E-state index in [1.807, 2.05) is 6.08 Å². The molecule has 2 saturated heterocycles. The van der Waals surface area contributed by atoms with Crippen LogP contribution >= 0.6 is 0 Å². The Labute approximate surface area is 183 Å². The predicted octanol–water partition coefficient (Wildman–Crippen LogP) is -0.310. The molecule has 2 unspecified atom stereocenters. The van der Waals surface area contributed by atoms with E-state index in [2.05, 4.69) is 16.0 Å². The van der Waals surface area contributed by atoms with Gasteiger partial charge in [-0.1, -0.05) is 30.4 Å². The minimum Gasteiger partial charge on any atom is -0.355 e. The molecule has 0 aromatic heterocycles. The fourth-order valence-electron chi connectivity index (χ4n) is 4.39. The Morgan fingerprint density at radius 2 is 2.12 bits per heavy atom. The summed E-state index contributed by atoms with van der Waals surface area (Å²) in [5, 5.41) is 7.85. The van der Waals surface area contributed by atoms with Gasteiger partial charge in [-0.05, 0) is 6.07 Å². The molecule has 0 radical (unpaired) electrons. The van der Waals surface area contributed by atoms with Crippen molar-refractivity contribution in [2.24, 2.45) is 11.7 Å². The molecular weight excluding hydrogens is 417 g/mol. The van der Waals surface area contributed by atoms with E-state index in [0.717, 1.165) is 0 Å². The van der Waals surface area contributed by atoms with Gasteiger partial charge in [0.2, 0.25) is 5.91 Å². The van der Waals surface area contributed by atoms with Crippen LogP contribution in [-0.2, 0) is 20.9 Å². The van der Waals surface area contributed by atoms with E-state index in [9.17, 15) is 23.6 Å². The van der Waals surface area contributed by atoms with Gasteiger partial charge in [0.25, 0.3) is 17.7 Å². The second-order valence-corrected chi connectivity index (χ2v) is 8.10. The number of nitrogens with two attached hydrogens (primary N) is 1. The first-order valence-electron chi connectivity index (χ1n) is 10.3. The standard InChI is InChI=1S/C22H24FN5O4/c1-25-19(30)14-6-2-4-12(18(14)23)10-26-16-7-3-5-13-15(16)11-28(20(13)31)22(24)9-8-17(29)27-21(22)32/h2-7,15-16,26H,8-11,24H2,1H3,(H,25,30)(H,27,29,32)/t15?,16?,22-/m1/s1. The molecular formula is C22H24FN5O4. The van der Waals surface area contributed by atoms with Gasteiger partial charge in [0.15, 0.2) is 5.66 Å². The normalized spacial score (nSPS) is 27.2. The number of likely N-dealkylation sites (tertiary alicyclic amines) is 1. The third kappa shape index (κ3) is 3.61. The smallest absolute Gasteiger partial charge is 0.267 e. The number of carbonyl (C=O) groups excluding carboxylic acids is 4. The number of allylic oxidation sites excluding steroid dienone is 2. The minimum atomic E-state index is -1.60. The molecule has 2 aliphatic heterocycles. The molecule has 2 fully saturated rings. The monoisotopic (exact) mass is 441 g/mol. The van der Waals surface area contributed by atoms with Gasteiger partial charge in [-0.15, -0.1) is 0 Å².